The monoisotopic (exact) mass is 310 g/mol. The maximum absolute atomic E-state index is 13.2. The zero-order chi connectivity index (χ0) is 15.8. The van der Waals surface area contributed by atoms with Gasteiger partial charge in [0.25, 0.3) is 0 Å². The van der Waals surface area contributed by atoms with E-state index in [0.29, 0.717) is 12.4 Å². The molecule has 2 aromatic heterocycles. The van der Waals surface area contributed by atoms with Crippen molar-refractivity contribution in [2.24, 2.45) is 0 Å². The number of halogens is 1. The van der Waals surface area contributed by atoms with Crippen LogP contribution in [0.25, 0.3) is 22.4 Å². The van der Waals surface area contributed by atoms with Gasteiger partial charge in [0.1, 0.15) is 17.3 Å². The number of hydrogen-bond donors (Lipinski definition) is 1. The van der Waals surface area contributed by atoms with E-state index >= 15 is 0 Å². The lowest BCUT2D eigenvalue weighted by molar-refractivity contribution is 0.231. The van der Waals surface area contributed by atoms with Gasteiger partial charge in [-0.05, 0) is 42.0 Å². The summed E-state index contributed by atoms with van der Waals surface area (Å²) in [5, 5.41) is 4.66. The summed E-state index contributed by atoms with van der Waals surface area (Å²) in [5.41, 5.74) is 9.17. The molecule has 1 aliphatic rings. The number of aryl methyl sites for hydroxylation is 1. The molecule has 0 radical (unpaired) electrons. The smallest absolute Gasteiger partial charge is 0.220 e. The number of fused-ring (bicyclic) bond motifs is 1. The van der Waals surface area contributed by atoms with Crippen molar-refractivity contribution in [3.05, 3.63) is 48.4 Å². The third kappa shape index (κ3) is 2.42. The molecule has 0 amide bonds. The van der Waals surface area contributed by atoms with E-state index in [1.807, 2.05) is 10.7 Å². The van der Waals surface area contributed by atoms with E-state index in [1.165, 1.54) is 12.1 Å². The highest BCUT2D eigenvalue weighted by atomic mass is 19.1. The maximum atomic E-state index is 13.2. The molecule has 1 aliphatic heterocycles. The van der Waals surface area contributed by atoms with Crippen LogP contribution in [0.15, 0.2) is 42.6 Å². The van der Waals surface area contributed by atoms with Crippen molar-refractivity contribution in [2.75, 3.05) is 12.3 Å². The summed E-state index contributed by atoms with van der Waals surface area (Å²) >= 11 is 0. The summed E-state index contributed by atoms with van der Waals surface area (Å²) in [7, 11) is 0. The first-order valence-corrected chi connectivity index (χ1v) is 7.44. The molecule has 0 spiro atoms. The maximum Gasteiger partial charge on any atom is 0.220 e. The van der Waals surface area contributed by atoms with Crippen molar-refractivity contribution in [2.45, 2.75) is 13.0 Å². The van der Waals surface area contributed by atoms with Gasteiger partial charge in [0.2, 0.25) is 5.88 Å². The van der Waals surface area contributed by atoms with Crippen LogP contribution < -0.4 is 10.5 Å². The number of rotatable bonds is 2. The summed E-state index contributed by atoms with van der Waals surface area (Å²) in [6.45, 7) is 1.45. The fourth-order valence-electron chi connectivity index (χ4n) is 2.80. The van der Waals surface area contributed by atoms with E-state index in [1.54, 1.807) is 24.4 Å². The second kappa shape index (κ2) is 5.39. The molecule has 2 N–H and O–H groups in total. The Kier molecular flexibility index (Phi) is 3.22. The molecule has 0 unspecified atom stereocenters. The van der Waals surface area contributed by atoms with Gasteiger partial charge in [0.05, 0.1) is 12.2 Å². The summed E-state index contributed by atoms with van der Waals surface area (Å²) in [6.07, 6.45) is 2.57. The van der Waals surface area contributed by atoms with Gasteiger partial charge < -0.3 is 10.5 Å². The lowest BCUT2D eigenvalue weighted by atomic mass is 10.0. The van der Waals surface area contributed by atoms with E-state index < -0.39 is 0 Å². The Morgan fingerprint density at radius 3 is 2.74 bits per heavy atom. The van der Waals surface area contributed by atoms with Crippen LogP contribution in [0.2, 0.25) is 0 Å². The first-order chi connectivity index (χ1) is 11.2. The second-order valence-corrected chi connectivity index (χ2v) is 5.43. The number of aromatic nitrogens is 3. The van der Waals surface area contributed by atoms with Crippen molar-refractivity contribution >= 4 is 5.82 Å². The summed E-state index contributed by atoms with van der Waals surface area (Å²) < 4.78 is 20.9. The summed E-state index contributed by atoms with van der Waals surface area (Å²) in [5.74, 6) is 0.883. The zero-order valence-electron chi connectivity index (χ0n) is 12.4. The third-order valence-electron chi connectivity index (χ3n) is 3.85. The number of nitrogen functional groups attached to an aromatic ring is 1. The van der Waals surface area contributed by atoms with E-state index in [4.69, 9.17) is 10.5 Å². The van der Waals surface area contributed by atoms with Gasteiger partial charge in [0.15, 0.2) is 0 Å². The van der Waals surface area contributed by atoms with Crippen LogP contribution in [-0.2, 0) is 6.54 Å². The largest absolute Gasteiger partial charge is 0.477 e. The predicted octanol–water partition coefficient (Wildman–Crippen LogP) is 3.12. The Morgan fingerprint density at radius 2 is 1.96 bits per heavy atom. The van der Waals surface area contributed by atoms with Gasteiger partial charge in [-0.25, -0.2) is 14.1 Å². The Morgan fingerprint density at radius 1 is 1.13 bits per heavy atom. The summed E-state index contributed by atoms with van der Waals surface area (Å²) in [6, 6.07) is 9.97. The lowest BCUT2D eigenvalue weighted by Gasteiger charge is -2.16. The van der Waals surface area contributed by atoms with Crippen molar-refractivity contribution in [3.8, 4) is 28.3 Å². The fraction of sp³-hybridized carbons (Fsp3) is 0.176. The Labute approximate surface area is 132 Å². The standard InChI is InChI=1S/C17H15FN4O/c18-13-4-2-11(3-5-13)16-15(12-6-7-20-14(19)10-12)17-22(21-16)8-1-9-23-17/h2-7,10H,1,8-9H2,(H2,19,20). The van der Waals surface area contributed by atoms with Crippen LogP contribution in [0.3, 0.4) is 0 Å². The molecule has 5 nitrogen and oxygen atoms in total. The quantitative estimate of drug-likeness (QED) is 0.790. The molecule has 0 saturated carbocycles. The van der Waals surface area contributed by atoms with Gasteiger partial charge in [-0.15, -0.1) is 0 Å². The fourth-order valence-corrected chi connectivity index (χ4v) is 2.80. The number of ether oxygens (including phenoxy) is 1. The average Bonchev–Trinajstić information content (AvgIpc) is 2.95. The molecule has 23 heavy (non-hydrogen) atoms. The van der Waals surface area contributed by atoms with Crippen molar-refractivity contribution in [1.29, 1.82) is 0 Å². The first kappa shape index (κ1) is 13.8. The summed E-state index contributed by atoms with van der Waals surface area (Å²) in [4.78, 5) is 4.04. The van der Waals surface area contributed by atoms with Gasteiger partial charge in [0, 0.05) is 24.7 Å². The second-order valence-electron chi connectivity index (χ2n) is 5.43. The molecule has 6 heteroatoms. The minimum atomic E-state index is -0.274. The minimum Gasteiger partial charge on any atom is -0.477 e. The number of nitrogens with two attached hydrogens (primary N) is 1. The van der Waals surface area contributed by atoms with Gasteiger partial charge in [-0.3, -0.25) is 0 Å². The van der Waals surface area contributed by atoms with Gasteiger partial charge >= 0.3 is 0 Å². The van der Waals surface area contributed by atoms with E-state index in [0.717, 1.165) is 41.2 Å². The topological polar surface area (TPSA) is 66.0 Å². The number of nitrogens with zero attached hydrogens (tertiary/aromatic N) is 3. The van der Waals surface area contributed by atoms with Crippen LogP contribution in [-0.4, -0.2) is 21.4 Å². The highest BCUT2D eigenvalue weighted by molar-refractivity contribution is 5.85. The van der Waals surface area contributed by atoms with E-state index in [-0.39, 0.29) is 5.82 Å². The van der Waals surface area contributed by atoms with Gasteiger partial charge in [-0.2, -0.15) is 5.10 Å². The highest BCUT2D eigenvalue weighted by Crippen LogP contribution is 2.40. The lowest BCUT2D eigenvalue weighted by Crippen LogP contribution is -2.14. The highest BCUT2D eigenvalue weighted by Gasteiger charge is 2.24. The Balaban J connectivity index is 1.95. The average molecular weight is 310 g/mol. The molecule has 3 aromatic rings. The number of pyridine rings is 1. The minimum absolute atomic E-state index is 0.274. The van der Waals surface area contributed by atoms with Crippen molar-refractivity contribution < 1.29 is 9.13 Å². The van der Waals surface area contributed by atoms with Crippen LogP contribution in [0.5, 0.6) is 5.88 Å². The molecule has 0 bridgehead atoms. The number of anilines is 1. The molecule has 0 saturated heterocycles. The van der Waals surface area contributed by atoms with E-state index in [9.17, 15) is 4.39 Å². The van der Waals surface area contributed by atoms with Crippen molar-refractivity contribution in [3.63, 3.8) is 0 Å². The molecule has 0 aliphatic carbocycles. The van der Waals surface area contributed by atoms with Crippen molar-refractivity contribution in [1.82, 2.24) is 14.8 Å². The third-order valence-corrected chi connectivity index (χ3v) is 3.85. The van der Waals surface area contributed by atoms with Crippen LogP contribution in [0.4, 0.5) is 10.2 Å². The molecular weight excluding hydrogens is 295 g/mol. The molecule has 3 heterocycles. The SMILES string of the molecule is Nc1cc(-c2c(-c3ccc(F)cc3)nn3c2OCCC3)ccn1. The van der Waals surface area contributed by atoms with Gasteiger partial charge in [-0.1, -0.05) is 0 Å². The number of hydrogen-bond acceptors (Lipinski definition) is 4. The predicted molar refractivity (Wildman–Crippen MR) is 85.4 cm³/mol. The van der Waals surface area contributed by atoms with E-state index in [2.05, 4.69) is 10.1 Å². The molecule has 1 aromatic carbocycles. The molecule has 0 atom stereocenters. The molecule has 0 fully saturated rings. The molecular formula is C17H15FN4O. The zero-order valence-corrected chi connectivity index (χ0v) is 12.4. The van der Waals surface area contributed by atoms with Crippen LogP contribution >= 0.6 is 0 Å². The van der Waals surface area contributed by atoms with Crippen LogP contribution in [0.1, 0.15) is 6.42 Å². The Bertz CT molecular complexity index is 858. The Hall–Kier alpha value is -2.89. The molecule has 116 valence electrons. The van der Waals surface area contributed by atoms with Crippen LogP contribution in [0, 0.1) is 5.82 Å². The normalized spacial score (nSPS) is 13.4. The number of benzene rings is 1. The molecule has 4 rings (SSSR count). The first-order valence-electron chi connectivity index (χ1n) is 7.44.